The number of nitrogens with one attached hydrogen (secondary N) is 2. The highest BCUT2D eigenvalue weighted by Gasteiger charge is 2.31. The molecule has 0 aliphatic rings. The number of aryl methyl sites for hydroxylation is 2. The lowest BCUT2D eigenvalue weighted by molar-refractivity contribution is -0.137. The molecule has 0 unspecified atom stereocenters. The molecule has 5 aromatic rings. The summed E-state index contributed by atoms with van der Waals surface area (Å²) in [4.78, 5) is 20.3. The number of nitrogens with zero attached hydrogens (tertiary/aromatic N) is 3. The van der Waals surface area contributed by atoms with Gasteiger partial charge in [-0.05, 0) is 54.4 Å². The standard InChI is InChI=1S/C26H23F4N5OS/c1-4-37-33-21-9-16(20-13-34(3)25(36)23-19(20)5-6-31-23)10-22-24(21)32-14(2)35(22)12-15-7-17(26(28,29)30)11-18(27)8-15/h5-11,13,31,33H,4,12H2,1-3H3. The monoisotopic (exact) mass is 529 g/mol. The van der Waals surface area contributed by atoms with Crippen LogP contribution in [0, 0.1) is 12.7 Å². The van der Waals surface area contributed by atoms with Crippen molar-refractivity contribution in [3.05, 3.63) is 81.9 Å². The van der Waals surface area contributed by atoms with E-state index in [0.29, 0.717) is 28.4 Å². The number of pyridine rings is 1. The van der Waals surface area contributed by atoms with Crippen LogP contribution in [-0.4, -0.2) is 24.9 Å². The molecular weight excluding hydrogens is 506 g/mol. The average Bonchev–Trinajstić information content (AvgIpc) is 3.44. The molecule has 11 heteroatoms. The Bertz CT molecular complexity index is 1700. The Morgan fingerprint density at radius 2 is 1.95 bits per heavy atom. The Balaban J connectivity index is 1.72. The van der Waals surface area contributed by atoms with Crippen molar-refractivity contribution in [2.24, 2.45) is 7.05 Å². The highest BCUT2D eigenvalue weighted by atomic mass is 32.2. The summed E-state index contributed by atoms with van der Waals surface area (Å²) in [5.74, 6) is 0.410. The number of hydrogen-bond donors (Lipinski definition) is 2. The summed E-state index contributed by atoms with van der Waals surface area (Å²) < 4.78 is 60.6. The quantitative estimate of drug-likeness (QED) is 0.195. The minimum atomic E-state index is -4.66. The maximum absolute atomic E-state index is 14.1. The molecule has 0 fully saturated rings. The molecule has 0 aliphatic heterocycles. The van der Waals surface area contributed by atoms with Crippen LogP contribution in [0.1, 0.15) is 23.9 Å². The highest BCUT2D eigenvalue weighted by molar-refractivity contribution is 8.00. The van der Waals surface area contributed by atoms with Crippen LogP contribution in [0.5, 0.6) is 0 Å². The van der Waals surface area contributed by atoms with Gasteiger partial charge in [-0.3, -0.25) is 4.79 Å². The number of halogens is 4. The second-order valence-corrected chi connectivity index (χ2v) is 9.81. The maximum Gasteiger partial charge on any atom is 0.416 e. The van der Waals surface area contributed by atoms with Crippen LogP contribution < -0.4 is 10.3 Å². The molecule has 0 bridgehead atoms. The Kier molecular flexibility index (Phi) is 6.26. The van der Waals surface area contributed by atoms with Crippen LogP contribution >= 0.6 is 11.9 Å². The summed E-state index contributed by atoms with van der Waals surface area (Å²) in [5.41, 5.74) is 3.10. The number of benzene rings is 2. The van der Waals surface area contributed by atoms with Gasteiger partial charge in [0.25, 0.3) is 5.56 Å². The number of rotatable bonds is 6. The summed E-state index contributed by atoms with van der Waals surface area (Å²) in [5, 5.41) is 0.749. The fraction of sp³-hybridized carbons (Fsp3) is 0.231. The molecule has 0 aliphatic carbocycles. The van der Waals surface area contributed by atoms with Crippen molar-refractivity contribution in [3.8, 4) is 11.1 Å². The lowest BCUT2D eigenvalue weighted by Crippen LogP contribution is -2.16. The molecule has 0 radical (unpaired) electrons. The van der Waals surface area contributed by atoms with Gasteiger partial charge in [-0.15, -0.1) is 0 Å². The van der Waals surface area contributed by atoms with Gasteiger partial charge in [0.2, 0.25) is 0 Å². The molecule has 0 spiro atoms. The van der Waals surface area contributed by atoms with Gasteiger partial charge in [-0.2, -0.15) is 13.2 Å². The Morgan fingerprint density at radius 1 is 1.16 bits per heavy atom. The summed E-state index contributed by atoms with van der Waals surface area (Å²) in [6.07, 6.45) is -1.20. The van der Waals surface area contributed by atoms with E-state index in [2.05, 4.69) is 14.7 Å². The minimum absolute atomic E-state index is 0.000170. The van der Waals surface area contributed by atoms with Gasteiger partial charge in [0.1, 0.15) is 22.7 Å². The normalized spacial score (nSPS) is 12.1. The van der Waals surface area contributed by atoms with Crippen molar-refractivity contribution in [2.45, 2.75) is 26.6 Å². The Hall–Kier alpha value is -3.73. The third-order valence-electron chi connectivity index (χ3n) is 6.20. The molecule has 3 heterocycles. The molecule has 0 amide bonds. The molecule has 37 heavy (non-hydrogen) atoms. The van der Waals surface area contributed by atoms with E-state index in [1.165, 1.54) is 16.5 Å². The van der Waals surface area contributed by atoms with E-state index in [-0.39, 0.29) is 17.7 Å². The van der Waals surface area contributed by atoms with Crippen LogP contribution in [0.25, 0.3) is 33.1 Å². The number of imidazole rings is 1. The van der Waals surface area contributed by atoms with Gasteiger partial charge in [0.15, 0.2) is 0 Å². The first-order valence-electron chi connectivity index (χ1n) is 11.5. The zero-order valence-electron chi connectivity index (χ0n) is 20.2. The van der Waals surface area contributed by atoms with Crippen LogP contribution in [0.4, 0.5) is 23.2 Å². The van der Waals surface area contributed by atoms with E-state index < -0.39 is 17.6 Å². The first kappa shape index (κ1) is 24.9. The molecule has 5 rings (SSSR count). The number of aromatic nitrogens is 4. The van der Waals surface area contributed by atoms with E-state index >= 15 is 0 Å². The Morgan fingerprint density at radius 3 is 2.68 bits per heavy atom. The summed E-state index contributed by atoms with van der Waals surface area (Å²) in [6.45, 7) is 3.76. The maximum atomic E-state index is 14.1. The van der Waals surface area contributed by atoms with Crippen molar-refractivity contribution in [1.29, 1.82) is 0 Å². The summed E-state index contributed by atoms with van der Waals surface area (Å²) in [6, 6.07) is 8.23. The third kappa shape index (κ3) is 4.59. The molecule has 192 valence electrons. The van der Waals surface area contributed by atoms with Crippen LogP contribution in [0.2, 0.25) is 0 Å². The minimum Gasteiger partial charge on any atom is -0.357 e. The lowest BCUT2D eigenvalue weighted by atomic mass is 10.0. The number of anilines is 1. The largest absolute Gasteiger partial charge is 0.416 e. The van der Waals surface area contributed by atoms with E-state index in [1.807, 2.05) is 25.1 Å². The van der Waals surface area contributed by atoms with E-state index in [0.717, 1.165) is 40.1 Å². The molecule has 0 atom stereocenters. The van der Waals surface area contributed by atoms with Crippen molar-refractivity contribution < 1.29 is 17.6 Å². The van der Waals surface area contributed by atoms with Crippen molar-refractivity contribution in [3.63, 3.8) is 0 Å². The number of hydrogen-bond acceptors (Lipinski definition) is 4. The van der Waals surface area contributed by atoms with E-state index in [9.17, 15) is 22.4 Å². The van der Waals surface area contributed by atoms with Gasteiger partial charge in [0.05, 0.1) is 16.8 Å². The summed E-state index contributed by atoms with van der Waals surface area (Å²) in [7, 11) is 1.67. The van der Waals surface area contributed by atoms with Gasteiger partial charge >= 0.3 is 6.18 Å². The second kappa shape index (κ2) is 9.29. The topological polar surface area (TPSA) is 67.6 Å². The van der Waals surface area contributed by atoms with Gasteiger partial charge in [-0.25, -0.2) is 9.37 Å². The van der Waals surface area contributed by atoms with Crippen molar-refractivity contribution in [2.75, 3.05) is 10.5 Å². The Labute approximate surface area is 213 Å². The fourth-order valence-corrected chi connectivity index (χ4v) is 4.96. The predicted molar refractivity (Wildman–Crippen MR) is 139 cm³/mol. The van der Waals surface area contributed by atoms with Gasteiger partial charge in [-0.1, -0.05) is 18.9 Å². The smallest absolute Gasteiger partial charge is 0.357 e. The zero-order chi connectivity index (χ0) is 26.5. The third-order valence-corrected chi connectivity index (χ3v) is 6.85. The van der Waals surface area contributed by atoms with Crippen LogP contribution in [0.15, 0.2) is 53.6 Å². The van der Waals surface area contributed by atoms with Crippen molar-refractivity contribution >= 4 is 39.6 Å². The first-order chi connectivity index (χ1) is 17.6. The van der Waals surface area contributed by atoms with Crippen LogP contribution in [-0.2, 0) is 19.8 Å². The SMILES string of the molecule is CCSNc1cc(-c2cn(C)c(=O)c3[nH]ccc23)cc2c1nc(C)n2Cc1cc(F)cc(C(F)(F)F)c1. The first-order valence-corrected chi connectivity index (χ1v) is 12.5. The molecule has 0 saturated heterocycles. The lowest BCUT2D eigenvalue weighted by Gasteiger charge is -2.14. The molecule has 3 aromatic heterocycles. The number of H-pyrrole nitrogens is 1. The molecular formula is C26H23F4N5OS. The molecule has 0 saturated carbocycles. The summed E-state index contributed by atoms with van der Waals surface area (Å²) >= 11 is 1.48. The fourth-order valence-electron chi connectivity index (χ4n) is 4.51. The van der Waals surface area contributed by atoms with Crippen molar-refractivity contribution in [1.82, 2.24) is 19.1 Å². The van der Waals surface area contributed by atoms with Gasteiger partial charge < -0.3 is 18.8 Å². The van der Waals surface area contributed by atoms with E-state index in [4.69, 9.17) is 0 Å². The van der Waals surface area contributed by atoms with Crippen LogP contribution in [0.3, 0.4) is 0 Å². The number of alkyl halides is 3. The second-order valence-electron chi connectivity index (χ2n) is 8.74. The highest BCUT2D eigenvalue weighted by Crippen LogP contribution is 2.36. The zero-order valence-corrected chi connectivity index (χ0v) is 21.0. The number of fused-ring (bicyclic) bond motifs is 2. The van der Waals surface area contributed by atoms with E-state index in [1.54, 1.807) is 30.9 Å². The molecule has 6 nitrogen and oxygen atoms in total. The predicted octanol–water partition coefficient (Wildman–Crippen LogP) is 6.48. The molecule has 2 aromatic carbocycles. The average molecular weight is 530 g/mol. The van der Waals surface area contributed by atoms with Gasteiger partial charge in [0, 0.05) is 42.7 Å². The molecule has 2 N–H and O–H groups in total. The number of aromatic amines is 1.